The van der Waals surface area contributed by atoms with Crippen molar-refractivity contribution in [3.05, 3.63) is 23.7 Å². The van der Waals surface area contributed by atoms with Crippen molar-refractivity contribution in [3.63, 3.8) is 0 Å². The number of fused-ring (bicyclic) bond motifs is 1. The van der Waals surface area contributed by atoms with Crippen LogP contribution in [0.4, 0.5) is 0 Å². The van der Waals surface area contributed by atoms with Crippen LogP contribution in [-0.2, 0) is 6.42 Å². The minimum absolute atomic E-state index is 0.527. The van der Waals surface area contributed by atoms with Gasteiger partial charge in [-0.2, -0.15) is 0 Å². The van der Waals surface area contributed by atoms with Gasteiger partial charge in [-0.3, -0.25) is 0 Å². The van der Waals surface area contributed by atoms with E-state index in [-0.39, 0.29) is 0 Å². The predicted molar refractivity (Wildman–Crippen MR) is 66.5 cm³/mol. The van der Waals surface area contributed by atoms with E-state index in [0.717, 1.165) is 6.42 Å². The Morgan fingerprint density at radius 2 is 2.38 bits per heavy atom. The quantitative estimate of drug-likeness (QED) is 0.817. The second kappa shape index (κ2) is 5.53. The van der Waals surface area contributed by atoms with Crippen molar-refractivity contribution in [1.29, 1.82) is 0 Å². The molecule has 0 saturated heterocycles. The maximum atomic E-state index is 5.52. The van der Waals surface area contributed by atoms with E-state index in [1.165, 1.54) is 43.4 Å². The summed E-state index contributed by atoms with van der Waals surface area (Å²) in [7, 11) is 0. The Labute approximate surface area is 98.4 Å². The van der Waals surface area contributed by atoms with Gasteiger partial charge in [0.05, 0.1) is 6.26 Å². The van der Waals surface area contributed by atoms with Gasteiger partial charge in [0.2, 0.25) is 0 Å². The molecule has 0 aliphatic heterocycles. The molecular weight excluding hydrogens is 198 g/mol. The van der Waals surface area contributed by atoms with Gasteiger partial charge in [-0.15, -0.1) is 0 Å². The summed E-state index contributed by atoms with van der Waals surface area (Å²) in [5.74, 6) is 1.20. The molecule has 0 bridgehead atoms. The van der Waals surface area contributed by atoms with E-state index in [1.807, 2.05) is 6.26 Å². The number of furan rings is 1. The maximum Gasteiger partial charge on any atom is 0.108 e. The van der Waals surface area contributed by atoms with Gasteiger partial charge in [0.25, 0.3) is 0 Å². The third-order valence-electron chi connectivity index (χ3n) is 3.62. The first kappa shape index (κ1) is 11.7. The highest BCUT2D eigenvalue weighted by Crippen LogP contribution is 2.31. The molecule has 1 N–H and O–H groups in total. The monoisotopic (exact) mass is 221 g/mol. The number of aryl methyl sites for hydroxylation is 1. The molecule has 2 rings (SSSR count). The van der Waals surface area contributed by atoms with E-state index >= 15 is 0 Å². The van der Waals surface area contributed by atoms with Crippen molar-refractivity contribution in [2.75, 3.05) is 0 Å². The van der Waals surface area contributed by atoms with E-state index in [1.54, 1.807) is 0 Å². The highest BCUT2D eigenvalue weighted by atomic mass is 16.3. The fourth-order valence-corrected chi connectivity index (χ4v) is 2.70. The fourth-order valence-electron chi connectivity index (χ4n) is 2.70. The van der Waals surface area contributed by atoms with E-state index < -0.39 is 0 Å². The molecule has 1 aliphatic rings. The molecule has 2 unspecified atom stereocenters. The van der Waals surface area contributed by atoms with Gasteiger partial charge in [0.1, 0.15) is 5.76 Å². The van der Waals surface area contributed by atoms with Crippen molar-refractivity contribution in [2.24, 2.45) is 0 Å². The fraction of sp³-hybridized carbons (Fsp3) is 0.714. The summed E-state index contributed by atoms with van der Waals surface area (Å²) in [6.45, 7) is 4.53. The molecule has 0 saturated carbocycles. The van der Waals surface area contributed by atoms with Crippen LogP contribution in [0.2, 0.25) is 0 Å². The van der Waals surface area contributed by atoms with Crippen molar-refractivity contribution < 1.29 is 4.42 Å². The zero-order valence-electron chi connectivity index (χ0n) is 10.5. The van der Waals surface area contributed by atoms with Crippen LogP contribution in [0, 0.1) is 0 Å². The summed E-state index contributed by atoms with van der Waals surface area (Å²) in [6.07, 6.45) is 9.22. The molecule has 2 nitrogen and oxygen atoms in total. The van der Waals surface area contributed by atoms with Gasteiger partial charge in [-0.25, -0.2) is 0 Å². The van der Waals surface area contributed by atoms with Crippen LogP contribution in [0.25, 0.3) is 0 Å². The van der Waals surface area contributed by atoms with E-state index in [9.17, 15) is 0 Å². The lowest BCUT2D eigenvalue weighted by atomic mass is 9.92. The molecule has 1 heterocycles. The zero-order valence-corrected chi connectivity index (χ0v) is 10.5. The Morgan fingerprint density at radius 1 is 1.50 bits per heavy atom. The van der Waals surface area contributed by atoms with Gasteiger partial charge in [-0.1, -0.05) is 20.3 Å². The topological polar surface area (TPSA) is 25.2 Å². The normalized spacial score (nSPS) is 21.8. The molecule has 0 radical (unpaired) electrons. The Hall–Kier alpha value is -0.760. The van der Waals surface area contributed by atoms with Crippen LogP contribution in [-0.4, -0.2) is 6.04 Å². The van der Waals surface area contributed by atoms with Gasteiger partial charge < -0.3 is 9.73 Å². The van der Waals surface area contributed by atoms with Gasteiger partial charge in [0.15, 0.2) is 0 Å². The van der Waals surface area contributed by atoms with Crippen molar-refractivity contribution in [2.45, 2.75) is 64.5 Å². The van der Waals surface area contributed by atoms with Gasteiger partial charge in [0, 0.05) is 24.1 Å². The van der Waals surface area contributed by atoms with Crippen LogP contribution in [0.3, 0.4) is 0 Å². The Bertz CT molecular complexity index is 318. The third kappa shape index (κ3) is 2.49. The SMILES string of the molecule is CCCC(CC)NC1CCCc2occc21. The average molecular weight is 221 g/mol. The lowest BCUT2D eigenvalue weighted by molar-refractivity contribution is 0.354. The Balaban J connectivity index is 2.01. The van der Waals surface area contributed by atoms with Crippen LogP contribution < -0.4 is 5.32 Å². The molecule has 90 valence electrons. The smallest absolute Gasteiger partial charge is 0.108 e. The Kier molecular flexibility index (Phi) is 4.05. The van der Waals surface area contributed by atoms with Crippen LogP contribution in [0.5, 0.6) is 0 Å². The van der Waals surface area contributed by atoms with E-state index in [4.69, 9.17) is 4.42 Å². The highest BCUT2D eigenvalue weighted by molar-refractivity contribution is 5.24. The first-order valence-corrected chi connectivity index (χ1v) is 6.67. The molecule has 0 amide bonds. The first-order valence-electron chi connectivity index (χ1n) is 6.67. The summed E-state index contributed by atoms with van der Waals surface area (Å²) in [5, 5.41) is 3.79. The maximum absolute atomic E-state index is 5.52. The molecule has 1 aliphatic carbocycles. The summed E-state index contributed by atoms with van der Waals surface area (Å²) in [5.41, 5.74) is 1.40. The number of hydrogen-bond donors (Lipinski definition) is 1. The number of hydrogen-bond acceptors (Lipinski definition) is 2. The molecule has 0 aromatic carbocycles. The zero-order chi connectivity index (χ0) is 11.4. The predicted octanol–water partition coefficient (Wildman–Crippen LogP) is 3.83. The molecule has 1 aromatic rings. The standard InChI is InChI=1S/C14H23NO/c1-3-6-11(4-2)15-13-7-5-8-14-12(13)9-10-16-14/h9-11,13,15H,3-8H2,1-2H3. The minimum Gasteiger partial charge on any atom is -0.469 e. The van der Waals surface area contributed by atoms with Crippen LogP contribution in [0.1, 0.15) is 63.3 Å². The molecule has 0 fully saturated rings. The number of rotatable bonds is 5. The summed E-state index contributed by atoms with van der Waals surface area (Å²) in [4.78, 5) is 0. The summed E-state index contributed by atoms with van der Waals surface area (Å²) in [6, 6.07) is 3.33. The Morgan fingerprint density at radius 3 is 3.12 bits per heavy atom. The van der Waals surface area contributed by atoms with Crippen LogP contribution >= 0.6 is 0 Å². The van der Waals surface area contributed by atoms with Crippen molar-refractivity contribution in [3.8, 4) is 0 Å². The lowest BCUT2D eigenvalue weighted by Gasteiger charge is -2.27. The summed E-state index contributed by atoms with van der Waals surface area (Å²) < 4.78 is 5.52. The van der Waals surface area contributed by atoms with E-state index in [0.29, 0.717) is 12.1 Å². The lowest BCUT2D eigenvalue weighted by Crippen LogP contribution is -2.33. The van der Waals surface area contributed by atoms with Crippen LogP contribution in [0.15, 0.2) is 16.7 Å². The van der Waals surface area contributed by atoms with Crippen molar-refractivity contribution >= 4 is 0 Å². The van der Waals surface area contributed by atoms with Gasteiger partial charge >= 0.3 is 0 Å². The molecular formula is C14H23NO. The number of nitrogens with one attached hydrogen (secondary N) is 1. The highest BCUT2D eigenvalue weighted by Gasteiger charge is 2.23. The van der Waals surface area contributed by atoms with Crippen molar-refractivity contribution in [1.82, 2.24) is 5.32 Å². The third-order valence-corrected chi connectivity index (χ3v) is 3.62. The summed E-state index contributed by atoms with van der Waals surface area (Å²) >= 11 is 0. The first-order chi connectivity index (χ1) is 7.85. The average Bonchev–Trinajstić information content (AvgIpc) is 2.77. The molecule has 0 spiro atoms. The van der Waals surface area contributed by atoms with Gasteiger partial charge in [-0.05, 0) is 31.7 Å². The minimum atomic E-state index is 0.527. The molecule has 1 aromatic heterocycles. The second-order valence-electron chi connectivity index (χ2n) is 4.80. The molecule has 2 atom stereocenters. The molecule has 2 heteroatoms. The second-order valence-corrected chi connectivity index (χ2v) is 4.80. The van der Waals surface area contributed by atoms with E-state index in [2.05, 4.69) is 25.2 Å². The largest absolute Gasteiger partial charge is 0.469 e. The molecule has 16 heavy (non-hydrogen) atoms.